The Hall–Kier alpha value is -0.830. The van der Waals surface area contributed by atoms with Gasteiger partial charge in [0.05, 0.1) is 0 Å². The molecule has 0 fully saturated rings. The zero-order chi connectivity index (χ0) is 8.43. The van der Waals surface area contributed by atoms with E-state index >= 15 is 0 Å². The number of nitrogens with zero attached hydrogens (tertiary/aromatic N) is 1. The van der Waals surface area contributed by atoms with Gasteiger partial charge in [-0.3, -0.25) is 0 Å². The zero-order valence-corrected chi connectivity index (χ0v) is 7.35. The molecule has 0 aromatic heterocycles. The highest BCUT2D eigenvalue weighted by atomic mass is 32.1. The fraction of sp³-hybridized carbons (Fsp3) is 0.250. The maximum atomic E-state index is 10.2. The topological polar surface area (TPSA) is 29.4 Å². The van der Waals surface area contributed by atoms with Gasteiger partial charge < -0.3 is 0 Å². The molecule has 1 rings (SSSR count). The minimum atomic E-state index is 0.481. The first kappa shape index (κ1) is 8.27. The highest BCUT2D eigenvalue weighted by Gasteiger charge is 2.01. The number of rotatable bonds is 1. The molecule has 0 bridgehead atoms. The molecule has 0 aliphatic heterocycles. The van der Waals surface area contributed by atoms with E-state index in [9.17, 15) is 4.91 Å². The molecule has 1 aromatic carbocycles. The van der Waals surface area contributed by atoms with E-state index in [-0.39, 0.29) is 0 Å². The van der Waals surface area contributed by atoms with Crippen molar-refractivity contribution in [3.05, 3.63) is 28.2 Å². The van der Waals surface area contributed by atoms with Crippen LogP contribution in [0.4, 0.5) is 5.69 Å². The van der Waals surface area contributed by atoms with Crippen LogP contribution in [0.3, 0.4) is 0 Å². The SMILES string of the molecule is Cc1cc(S)c(C)c(N=O)c1. The number of nitroso groups, excluding NO2 is 1. The Morgan fingerprint density at radius 2 is 2.00 bits per heavy atom. The average Bonchev–Trinajstić information content (AvgIpc) is 1.96. The summed E-state index contributed by atoms with van der Waals surface area (Å²) in [6, 6.07) is 3.66. The molecule has 0 heterocycles. The van der Waals surface area contributed by atoms with Gasteiger partial charge in [0.25, 0.3) is 0 Å². The van der Waals surface area contributed by atoms with Crippen LogP contribution in [-0.4, -0.2) is 0 Å². The summed E-state index contributed by atoms with van der Waals surface area (Å²) in [5.74, 6) is 0. The Labute approximate surface area is 71.0 Å². The van der Waals surface area contributed by atoms with Gasteiger partial charge in [-0.25, -0.2) is 0 Å². The number of thiol groups is 1. The Bertz CT molecular complexity index is 296. The Morgan fingerprint density at radius 1 is 1.36 bits per heavy atom. The van der Waals surface area contributed by atoms with Crippen molar-refractivity contribution in [2.75, 3.05) is 0 Å². The van der Waals surface area contributed by atoms with Crippen molar-refractivity contribution in [2.45, 2.75) is 18.7 Å². The van der Waals surface area contributed by atoms with Gasteiger partial charge in [-0.15, -0.1) is 17.5 Å². The summed E-state index contributed by atoms with van der Waals surface area (Å²) >= 11 is 4.19. The second-order valence-corrected chi connectivity index (χ2v) is 3.00. The second kappa shape index (κ2) is 3.05. The van der Waals surface area contributed by atoms with Gasteiger partial charge in [-0.2, -0.15) is 0 Å². The van der Waals surface area contributed by atoms with Crippen LogP contribution in [-0.2, 0) is 0 Å². The number of benzene rings is 1. The van der Waals surface area contributed by atoms with E-state index < -0.39 is 0 Å². The molecule has 0 saturated heterocycles. The Kier molecular flexibility index (Phi) is 2.29. The molecule has 0 saturated carbocycles. The van der Waals surface area contributed by atoms with Crippen molar-refractivity contribution in [3.8, 4) is 0 Å². The van der Waals surface area contributed by atoms with Crippen molar-refractivity contribution in [3.63, 3.8) is 0 Å². The molecule has 0 spiro atoms. The normalized spacial score (nSPS) is 9.73. The lowest BCUT2D eigenvalue weighted by Gasteiger charge is -2.01. The zero-order valence-electron chi connectivity index (χ0n) is 6.46. The molecule has 11 heavy (non-hydrogen) atoms. The minimum absolute atomic E-state index is 0.481. The summed E-state index contributed by atoms with van der Waals surface area (Å²) < 4.78 is 0. The van der Waals surface area contributed by atoms with E-state index in [0.29, 0.717) is 5.69 Å². The first-order valence-electron chi connectivity index (χ1n) is 3.28. The predicted molar refractivity (Wildman–Crippen MR) is 48.6 cm³/mol. The van der Waals surface area contributed by atoms with Crippen LogP contribution in [0.5, 0.6) is 0 Å². The van der Waals surface area contributed by atoms with E-state index in [1.54, 1.807) is 6.07 Å². The van der Waals surface area contributed by atoms with Crippen LogP contribution < -0.4 is 0 Å². The van der Waals surface area contributed by atoms with Crippen LogP contribution in [0.2, 0.25) is 0 Å². The molecule has 58 valence electrons. The quantitative estimate of drug-likeness (QED) is 0.505. The molecule has 0 unspecified atom stereocenters. The molecule has 2 nitrogen and oxygen atoms in total. The Morgan fingerprint density at radius 3 is 2.55 bits per heavy atom. The highest BCUT2D eigenvalue weighted by molar-refractivity contribution is 7.80. The van der Waals surface area contributed by atoms with Crippen molar-refractivity contribution in [1.82, 2.24) is 0 Å². The van der Waals surface area contributed by atoms with Gasteiger partial charge in [0.15, 0.2) is 0 Å². The van der Waals surface area contributed by atoms with Gasteiger partial charge >= 0.3 is 0 Å². The smallest absolute Gasteiger partial charge is 0.112 e. The van der Waals surface area contributed by atoms with Crippen LogP contribution in [0.25, 0.3) is 0 Å². The molecule has 3 heteroatoms. The largest absolute Gasteiger partial charge is 0.145 e. The molecule has 0 radical (unpaired) electrons. The lowest BCUT2D eigenvalue weighted by atomic mass is 10.1. The average molecular weight is 167 g/mol. The monoisotopic (exact) mass is 167 g/mol. The number of aryl methyl sites for hydroxylation is 1. The first-order valence-corrected chi connectivity index (χ1v) is 3.73. The van der Waals surface area contributed by atoms with Crippen LogP contribution >= 0.6 is 12.6 Å². The lowest BCUT2D eigenvalue weighted by Crippen LogP contribution is -1.79. The summed E-state index contributed by atoms with van der Waals surface area (Å²) in [4.78, 5) is 11.1. The predicted octanol–water partition coefficient (Wildman–Crippen LogP) is 2.99. The van der Waals surface area contributed by atoms with Crippen molar-refractivity contribution in [2.24, 2.45) is 5.18 Å². The van der Waals surface area contributed by atoms with Gasteiger partial charge in [0.2, 0.25) is 0 Å². The molecule has 0 aliphatic rings. The third-order valence-electron chi connectivity index (χ3n) is 1.60. The van der Waals surface area contributed by atoms with E-state index in [1.807, 2.05) is 19.9 Å². The fourth-order valence-corrected chi connectivity index (χ4v) is 1.23. The molecule has 1 aromatic rings. The third kappa shape index (κ3) is 1.60. The highest BCUT2D eigenvalue weighted by Crippen LogP contribution is 2.25. The maximum absolute atomic E-state index is 10.2. The summed E-state index contributed by atoms with van der Waals surface area (Å²) in [6.45, 7) is 3.74. The summed E-state index contributed by atoms with van der Waals surface area (Å²) in [5, 5.41) is 2.89. The van der Waals surface area contributed by atoms with Gasteiger partial charge in [-0.1, -0.05) is 0 Å². The summed E-state index contributed by atoms with van der Waals surface area (Å²) in [7, 11) is 0. The molecule has 0 amide bonds. The number of hydrogen-bond donors (Lipinski definition) is 1. The molecular weight excluding hydrogens is 158 g/mol. The van der Waals surface area contributed by atoms with Crippen LogP contribution in [0, 0.1) is 18.8 Å². The van der Waals surface area contributed by atoms with Gasteiger partial charge in [0, 0.05) is 4.90 Å². The lowest BCUT2D eigenvalue weighted by molar-refractivity contribution is 1.24. The van der Waals surface area contributed by atoms with Crippen LogP contribution in [0.1, 0.15) is 11.1 Å². The standard InChI is InChI=1S/C8H9NOS/c1-5-3-7(9-10)6(2)8(11)4-5/h3-4,11H,1-2H3. The third-order valence-corrected chi connectivity index (χ3v) is 2.06. The molecule has 0 atom stereocenters. The van der Waals surface area contributed by atoms with Gasteiger partial charge in [-0.05, 0) is 42.3 Å². The van der Waals surface area contributed by atoms with Gasteiger partial charge in [0.1, 0.15) is 5.69 Å². The van der Waals surface area contributed by atoms with E-state index in [0.717, 1.165) is 16.0 Å². The maximum Gasteiger partial charge on any atom is 0.112 e. The van der Waals surface area contributed by atoms with E-state index in [2.05, 4.69) is 17.8 Å². The minimum Gasteiger partial charge on any atom is -0.145 e. The van der Waals surface area contributed by atoms with Crippen LogP contribution in [0.15, 0.2) is 22.2 Å². The summed E-state index contributed by atoms with van der Waals surface area (Å²) in [6.07, 6.45) is 0. The fourth-order valence-electron chi connectivity index (χ4n) is 0.916. The first-order chi connectivity index (χ1) is 5.15. The molecule has 0 N–H and O–H groups in total. The second-order valence-electron chi connectivity index (χ2n) is 2.52. The van der Waals surface area contributed by atoms with E-state index in [4.69, 9.17) is 0 Å². The van der Waals surface area contributed by atoms with E-state index in [1.165, 1.54) is 0 Å². The molecule has 0 aliphatic carbocycles. The number of hydrogen-bond acceptors (Lipinski definition) is 3. The van der Waals surface area contributed by atoms with Crippen molar-refractivity contribution >= 4 is 18.3 Å². The summed E-state index contributed by atoms with van der Waals surface area (Å²) in [5.41, 5.74) is 2.33. The molecular formula is C8H9NOS. The Balaban J connectivity index is 3.35. The van der Waals surface area contributed by atoms with Crippen molar-refractivity contribution < 1.29 is 0 Å². The van der Waals surface area contributed by atoms with Crippen molar-refractivity contribution in [1.29, 1.82) is 0 Å².